The minimum Gasteiger partial charge on any atom is -0.454 e. The first kappa shape index (κ1) is 18.1. The zero-order chi connectivity index (χ0) is 19.8. The van der Waals surface area contributed by atoms with E-state index in [9.17, 15) is 4.79 Å². The molecule has 0 aliphatic heterocycles. The Morgan fingerprint density at radius 2 is 2.03 bits per heavy atom. The molecule has 0 fully saturated rings. The Kier molecular flexibility index (Phi) is 4.69. The number of nitrogens with zero attached hydrogens (tertiary/aromatic N) is 3. The fourth-order valence-electron chi connectivity index (χ4n) is 3.26. The van der Waals surface area contributed by atoms with Gasteiger partial charge in [0.15, 0.2) is 15.9 Å². The first-order chi connectivity index (χ1) is 14.2. The number of aryl methyl sites for hydroxylation is 1. The highest BCUT2D eigenvalue weighted by Crippen LogP contribution is 2.30. The summed E-state index contributed by atoms with van der Waals surface area (Å²) in [6, 6.07) is 17.6. The Balaban J connectivity index is 1.38. The van der Waals surface area contributed by atoms with Gasteiger partial charge in [-0.25, -0.2) is 9.50 Å². The van der Waals surface area contributed by atoms with Crippen molar-refractivity contribution in [2.45, 2.75) is 17.2 Å². The molecule has 0 aliphatic carbocycles. The van der Waals surface area contributed by atoms with Crippen LogP contribution in [0.2, 0.25) is 0 Å². The number of carbonyl (C=O) groups excluding carboxylic acids is 1. The van der Waals surface area contributed by atoms with E-state index in [0.717, 1.165) is 26.8 Å². The molecule has 5 nitrogen and oxygen atoms in total. The van der Waals surface area contributed by atoms with Gasteiger partial charge >= 0.3 is 0 Å². The zero-order valence-electron chi connectivity index (χ0n) is 15.7. The minimum atomic E-state index is 0.116. The smallest absolute Gasteiger partial charge is 0.213 e. The minimum absolute atomic E-state index is 0.116. The van der Waals surface area contributed by atoms with E-state index >= 15 is 0 Å². The van der Waals surface area contributed by atoms with Crippen LogP contribution >= 0.6 is 23.1 Å². The van der Waals surface area contributed by atoms with Gasteiger partial charge in [0, 0.05) is 17.4 Å². The molecule has 29 heavy (non-hydrogen) atoms. The molecule has 0 spiro atoms. The Bertz CT molecular complexity index is 1290. The monoisotopic (exact) mass is 419 g/mol. The van der Waals surface area contributed by atoms with Crippen LogP contribution in [0.4, 0.5) is 0 Å². The Labute approximate surface area is 175 Å². The van der Waals surface area contributed by atoms with E-state index in [0.29, 0.717) is 23.3 Å². The van der Waals surface area contributed by atoms with E-state index < -0.39 is 0 Å². The molecule has 144 valence electrons. The maximum atomic E-state index is 12.6. The van der Waals surface area contributed by atoms with Crippen LogP contribution < -0.4 is 0 Å². The highest BCUT2D eigenvalue weighted by Gasteiger charge is 2.15. The second kappa shape index (κ2) is 7.50. The highest BCUT2D eigenvalue weighted by molar-refractivity contribution is 8.00. The number of imidazole rings is 1. The lowest BCUT2D eigenvalue weighted by Crippen LogP contribution is -2.00. The lowest BCUT2D eigenvalue weighted by molar-refractivity contribution is 0.0983. The molecular weight excluding hydrogens is 402 g/mol. The molecule has 0 aliphatic rings. The molecule has 0 unspecified atom stereocenters. The molecule has 2 aromatic carbocycles. The summed E-state index contributed by atoms with van der Waals surface area (Å²) < 4.78 is 8.76. The summed E-state index contributed by atoms with van der Waals surface area (Å²) in [7, 11) is 0. The number of aromatic nitrogens is 3. The molecule has 0 radical (unpaired) electrons. The third kappa shape index (κ3) is 3.59. The van der Waals surface area contributed by atoms with Crippen molar-refractivity contribution >= 4 is 44.8 Å². The lowest BCUT2D eigenvalue weighted by Gasteiger charge is -2.02. The molecular formula is C22H17N3O2S2. The number of hydrogen-bond donors (Lipinski definition) is 0. The first-order valence-corrected chi connectivity index (χ1v) is 11.2. The molecule has 3 heterocycles. The van der Waals surface area contributed by atoms with Crippen molar-refractivity contribution in [2.75, 3.05) is 6.26 Å². The van der Waals surface area contributed by atoms with Crippen molar-refractivity contribution in [2.24, 2.45) is 0 Å². The maximum Gasteiger partial charge on any atom is 0.213 e. The average Bonchev–Trinajstić information content (AvgIpc) is 3.44. The van der Waals surface area contributed by atoms with Crippen LogP contribution in [0.1, 0.15) is 22.3 Å². The number of furan rings is 1. The summed E-state index contributed by atoms with van der Waals surface area (Å²) in [5, 5.41) is 5.42. The zero-order valence-corrected chi connectivity index (χ0v) is 17.3. The third-order valence-electron chi connectivity index (χ3n) is 4.78. The predicted octanol–water partition coefficient (Wildman–Crippen LogP) is 5.74. The van der Waals surface area contributed by atoms with Crippen molar-refractivity contribution in [3.05, 3.63) is 71.9 Å². The maximum absolute atomic E-state index is 12.6. The average molecular weight is 420 g/mol. The molecule has 3 aromatic heterocycles. The first-order valence-electron chi connectivity index (χ1n) is 9.21. The van der Waals surface area contributed by atoms with Crippen LogP contribution in [0.5, 0.6) is 0 Å². The number of fused-ring (bicyclic) bond motifs is 2. The number of benzene rings is 2. The molecule has 7 heteroatoms. The van der Waals surface area contributed by atoms with E-state index in [2.05, 4.69) is 10.1 Å². The Morgan fingerprint density at radius 3 is 2.83 bits per heavy atom. The fourth-order valence-corrected chi connectivity index (χ4v) is 4.60. The summed E-state index contributed by atoms with van der Waals surface area (Å²) >= 11 is 3.15. The van der Waals surface area contributed by atoms with E-state index in [1.807, 2.05) is 67.0 Å². The largest absolute Gasteiger partial charge is 0.454 e. The molecule has 0 saturated heterocycles. The summed E-state index contributed by atoms with van der Waals surface area (Å²) in [5.74, 6) is 0.794. The molecule has 0 atom stereocenters. The van der Waals surface area contributed by atoms with Crippen LogP contribution in [0.15, 0.2) is 69.6 Å². The van der Waals surface area contributed by atoms with Crippen molar-refractivity contribution in [1.82, 2.24) is 14.6 Å². The number of rotatable bonds is 6. The number of ketones is 1. The van der Waals surface area contributed by atoms with Gasteiger partial charge < -0.3 is 4.42 Å². The van der Waals surface area contributed by atoms with Crippen LogP contribution in [0.25, 0.3) is 27.4 Å². The van der Waals surface area contributed by atoms with Gasteiger partial charge in [-0.2, -0.15) is 0 Å². The molecule has 5 rings (SSSR count). The second-order valence-electron chi connectivity index (χ2n) is 6.70. The molecule has 0 amide bonds. The second-order valence-corrected chi connectivity index (χ2v) is 8.71. The molecule has 0 saturated carbocycles. The van der Waals surface area contributed by atoms with Gasteiger partial charge in [-0.15, -0.1) is 5.10 Å². The number of Topliss-reactive ketones (excluding diaryl/α,β-unsaturated/α-hetero) is 1. The van der Waals surface area contributed by atoms with Crippen LogP contribution in [0, 0.1) is 0 Å². The normalized spacial score (nSPS) is 11.5. The summed E-state index contributed by atoms with van der Waals surface area (Å²) in [5.41, 5.74) is 3.27. The van der Waals surface area contributed by atoms with E-state index in [4.69, 9.17) is 4.42 Å². The van der Waals surface area contributed by atoms with Gasteiger partial charge in [-0.3, -0.25) is 4.79 Å². The summed E-state index contributed by atoms with van der Waals surface area (Å²) in [4.78, 5) is 18.1. The van der Waals surface area contributed by atoms with Gasteiger partial charge in [0.05, 0.1) is 6.20 Å². The van der Waals surface area contributed by atoms with Gasteiger partial charge in [0.25, 0.3) is 0 Å². The fraction of sp³-hybridized carbons (Fsp3) is 0.136. The van der Waals surface area contributed by atoms with Crippen molar-refractivity contribution < 1.29 is 9.21 Å². The van der Waals surface area contributed by atoms with Crippen LogP contribution in [-0.4, -0.2) is 26.6 Å². The number of carbonyl (C=O) groups is 1. The molecule has 5 aromatic rings. The van der Waals surface area contributed by atoms with E-state index in [1.165, 1.54) is 5.56 Å². The lowest BCUT2D eigenvalue weighted by atomic mass is 10.0. The Hall–Kier alpha value is -2.90. The molecule has 0 bridgehead atoms. The van der Waals surface area contributed by atoms with Gasteiger partial charge in [0.1, 0.15) is 11.3 Å². The van der Waals surface area contributed by atoms with Crippen molar-refractivity contribution in [3.63, 3.8) is 0 Å². The quantitative estimate of drug-likeness (QED) is 0.259. The van der Waals surface area contributed by atoms with Gasteiger partial charge in [0.2, 0.25) is 4.96 Å². The SMILES string of the molecule is CSc1nn2cc(-c3cc4ccc(C(=O)CCc5ccccc5)cc4o3)nc2s1. The van der Waals surface area contributed by atoms with Crippen LogP contribution in [0.3, 0.4) is 0 Å². The predicted molar refractivity (Wildman–Crippen MR) is 117 cm³/mol. The van der Waals surface area contributed by atoms with E-state index in [-0.39, 0.29) is 5.78 Å². The summed E-state index contributed by atoms with van der Waals surface area (Å²) in [6.07, 6.45) is 5.08. The third-order valence-corrected chi connectivity index (χ3v) is 6.68. The Morgan fingerprint density at radius 1 is 1.17 bits per heavy atom. The van der Waals surface area contributed by atoms with Gasteiger partial charge in [-0.05, 0) is 30.4 Å². The van der Waals surface area contributed by atoms with Crippen LogP contribution in [-0.2, 0) is 6.42 Å². The number of hydrogen-bond acceptors (Lipinski definition) is 6. The highest BCUT2D eigenvalue weighted by atomic mass is 32.2. The molecule has 0 N–H and O–H groups in total. The topological polar surface area (TPSA) is 60.4 Å². The van der Waals surface area contributed by atoms with Gasteiger partial charge in [-0.1, -0.05) is 65.6 Å². The van der Waals surface area contributed by atoms with Crippen molar-refractivity contribution in [3.8, 4) is 11.5 Å². The summed E-state index contributed by atoms with van der Waals surface area (Å²) in [6.45, 7) is 0. The standard InChI is InChI=1S/C22H17N3O2S2/c1-28-22-24-25-13-17(23-21(25)29-22)20-12-16-9-8-15(11-19(16)27-20)18(26)10-7-14-5-3-2-4-6-14/h2-6,8-9,11-13H,7,10H2,1H3. The van der Waals surface area contributed by atoms with E-state index in [1.54, 1.807) is 27.6 Å². The number of thioether (sulfide) groups is 1. The van der Waals surface area contributed by atoms with Crippen molar-refractivity contribution in [1.29, 1.82) is 0 Å².